The molecule has 1 aromatic rings. The van der Waals surface area contributed by atoms with Crippen molar-refractivity contribution in [2.45, 2.75) is 19.3 Å². The number of allylic oxidation sites excluding steroid dienone is 1. The molecule has 1 aromatic heterocycles. The van der Waals surface area contributed by atoms with Gasteiger partial charge in [-0.2, -0.15) is 0 Å². The zero-order valence-electron chi connectivity index (χ0n) is 9.86. The van der Waals surface area contributed by atoms with Gasteiger partial charge in [0, 0.05) is 15.4 Å². The Balaban J connectivity index is 2.39. The van der Waals surface area contributed by atoms with Gasteiger partial charge in [0.2, 0.25) is 5.91 Å². The molecule has 0 aliphatic carbocycles. The Kier molecular flexibility index (Phi) is 3.27. The van der Waals surface area contributed by atoms with Crippen molar-refractivity contribution in [3.8, 4) is 0 Å². The first kappa shape index (κ1) is 7.74. The van der Waals surface area contributed by atoms with Gasteiger partial charge in [0.25, 0.3) is 0 Å². The smallest absolute Gasteiger partial charge is 0.220 e. The first-order valence-corrected chi connectivity index (χ1v) is 4.34. The maximum atomic E-state index is 11.4. The molecule has 14 heavy (non-hydrogen) atoms. The van der Waals surface area contributed by atoms with Crippen molar-refractivity contribution in [3.63, 3.8) is 0 Å². The first-order chi connectivity index (χ1) is 7.53. The number of rotatable bonds is 5. The number of aromatic nitrogens is 1. The fraction of sp³-hybridized carbons (Fsp3) is 0.273. The van der Waals surface area contributed by atoms with Gasteiger partial charge in [-0.25, -0.2) is 0 Å². The molecule has 0 fully saturated rings. The van der Waals surface area contributed by atoms with E-state index in [1.54, 1.807) is 18.3 Å². The van der Waals surface area contributed by atoms with E-state index in [1.807, 2.05) is 6.07 Å². The summed E-state index contributed by atoms with van der Waals surface area (Å²) in [5.41, 5.74) is 0.745. The Bertz CT molecular complexity index is 366. The topological polar surface area (TPSA) is 42.0 Å². The lowest BCUT2D eigenvalue weighted by molar-refractivity contribution is -0.121. The Morgan fingerprint density at radius 1 is 1.71 bits per heavy atom. The van der Waals surface area contributed by atoms with Gasteiger partial charge in [-0.3, -0.25) is 9.78 Å². The minimum atomic E-state index is -1.66. The molecule has 0 bridgehead atoms. The number of carbonyl (C=O) groups excluding carboxylic acids is 1. The predicted octanol–water partition coefficient (Wildman–Crippen LogP) is 1.66. The van der Waals surface area contributed by atoms with E-state index >= 15 is 0 Å². The zero-order valence-corrected chi connectivity index (χ0v) is 7.86. The molecule has 0 aliphatic rings. The summed E-state index contributed by atoms with van der Waals surface area (Å²) >= 11 is 0. The van der Waals surface area contributed by atoms with E-state index in [1.165, 1.54) is 0 Å². The second kappa shape index (κ2) is 5.91. The van der Waals surface area contributed by atoms with E-state index in [4.69, 9.17) is 2.74 Å². The van der Waals surface area contributed by atoms with Crippen LogP contribution in [-0.4, -0.2) is 10.9 Å². The quantitative estimate of drug-likeness (QED) is 0.721. The van der Waals surface area contributed by atoms with Gasteiger partial charge in [-0.1, -0.05) is 12.1 Å². The number of hydrogen-bond acceptors (Lipinski definition) is 2. The molecule has 1 N–H and O–H groups in total. The van der Waals surface area contributed by atoms with Crippen molar-refractivity contribution in [2.24, 2.45) is 0 Å². The lowest BCUT2D eigenvalue weighted by Gasteiger charge is -2.02. The molecule has 0 radical (unpaired) electrons. The van der Waals surface area contributed by atoms with Gasteiger partial charge in [-0.05, 0) is 18.5 Å². The molecular formula is C11H14N2O. The fourth-order valence-electron chi connectivity index (χ4n) is 0.919. The van der Waals surface area contributed by atoms with Crippen LogP contribution in [0.1, 0.15) is 21.2 Å². The third-order valence-electron chi connectivity index (χ3n) is 1.60. The van der Waals surface area contributed by atoms with Crippen molar-refractivity contribution in [1.29, 1.82) is 0 Å². The number of carbonyl (C=O) groups is 1. The van der Waals surface area contributed by atoms with Crippen LogP contribution >= 0.6 is 0 Å². The highest BCUT2D eigenvalue weighted by atomic mass is 16.1. The Hall–Kier alpha value is -1.64. The second-order valence-electron chi connectivity index (χ2n) is 2.68. The monoisotopic (exact) mass is 192 g/mol. The largest absolute Gasteiger partial charge is 0.350 e. The molecule has 1 amide bonds. The van der Waals surface area contributed by atoms with Gasteiger partial charge >= 0.3 is 0 Å². The Morgan fingerprint density at radius 2 is 2.57 bits per heavy atom. The molecule has 74 valence electrons. The summed E-state index contributed by atoms with van der Waals surface area (Å²) in [5, 5.41) is 2.60. The number of pyridine rings is 1. The molecule has 0 atom stereocenters. The van der Waals surface area contributed by atoms with Crippen LogP contribution in [0.25, 0.3) is 0 Å². The SMILES string of the molecule is [2H]C([2H])(C=C)CC(=O)NCc1ccccn1. The number of hydrogen-bond donors (Lipinski definition) is 1. The minimum absolute atomic E-state index is 0.219. The van der Waals surface area contributed by atoms with Crippen LogP contribution in [0.2, 0.25) is 0 Å². The van der Waals surface area contributed by atoms with Crippen molar-refractivity contribution in [2.75, 3.05) is 0 Å². The lowest BCUT2D eigenvalue weighted by Crippen LogP contribution is -2.22. The average Bonchev–Trinajstić information content (AvgIpc) is 2.27. The molecule has 0 saturated heterocycles. The van der Waals surface area contributed by atoms with Crippen LogP contribution in [0.4, 0.5) is 0 Å². The van der Waals surface area contributed by atoms with Crippen LogP contribution in [0.5, 0.6) is 0 Å². The van der Waals surface area contributed by atoms with Crippen LogP contribution in [-0.2, 0) is 11.3 Å². The highest BCUT2D eigenvalue weighted by Gasteiger charge is 1.99. The highest BCUT2D eigenvalue weighted by molar-refractivity contribution is 5.75. The van der Waals surface area contributed by atoms with Gasteiger partial charge in [0.1, 0.15) is 0 Å². The van der Waals surface area contributed by atoms with Crippen LogP contribution in [0.3, 0.4) is 0 Å². The molecule has 0 unspecified atom stereocenters. The van der Waals surface area contributed by atoms with Crippen molar-refractivity contribution in [1.82, 2.24) is 10.3 Å². The zero-order chi connectivity index (χ0) is 12.0. The number of nitrogens with one attached hydrogen (secondary N) is 1. The van der Waals surface area contributed by atoms with E-state index < -0.39 is 6.37 Å². The standard InChI is InChI=1S/C11H14N2O/c1-2-3-7-11(14)13-9-10-6-4-5-8-12-10/h2,4-6,8H,1,3,7,9H2,(H,13,14)/i3D2. The van der Waals surface area contributed by atoms with Gasteiger partial charge < -0.3 is 5.32 Å². The van der Waals surface area contributed by atoms with E-state index in [-0.39, 0.29) is 12.3 Å². The third-order valence-corrected chi connectivity index (χ3v) is 1.60. The van der Waals surface area contributed by atoms with Crippen LogP contribution in [0.15, 0.2) is 37.1 Å². The molecule has 3 nitrogen and oxygen atoms in total. The maximum Gasteiger partial charge on any atom is 0.220 e. The average molecular weight is 192 g/mol. The summed E-state index contributed by atoms with van der Waals surface area (Å²) in [6.45, 7) is 3.65. The third kappa shape index (κ3) is 3.85. The first-order valence-electron chi connectivity index (χ1n) is 5.34. The molecule has 3 heteroatoms. The van der Waals surface area contributed by atoms with E-state index in [0.29, 0.717) is 6.54 Å². The van der Waals surface area contributed by atoms with Crippen LogP contribution in [0, 0.1) is 0 Å². The summed E-state index contributed by atoms with van der Waals surface area (Å²) in [6.07, 6.45) is 0.898. The Labute approximate surface area is 86.7 Å². The molecule has 0 aliphatic heterocycles. The second-order valence-corrected chi connectivity index (χ2v) is 2.68. The summed E-state index contributed by atoms with van der Waals surface area (Å²) < 4.78 is 14.7. The predicted molar refractivity (Wildman–Crippen MR) is 55.5 cm³/mol. The van der Waals surface area contributed by atoms with Gasteiger partial charge in [0.05, 0.1) is 12.2 Å². The van der Waals surface area contributed by atoms with Crippen molar-refractivity contribution >= 4 is 5.91 Å². The summed E-state index contributed by atoms with van der Waals surface area (Å²) in [7, 11) is 0. The number of nitrogens with zero attached hydrogens (tertiary/aromatic N) is 1. The molecular weight excluding hydrogens is 176 g/mol. The molecule has 0 aromatic carbocycles. The minimum Gasteiger partial charge on any atom is -0.350 e. The van der Waals surface area contributed by atoms with Gasteiger partial charge in [-0.15, -0.1) is 6.58 Å². The van der Waals surface area contributed by atoms with E-state index in [0.717, 1.165) is 11.8 Å². The number of amides is 1. The summed E-state index contributed by atoms with van der Waals surface area (Å²) in [4.78, 5) is 15.4. The Morgan fingerprint density at radius 3 is 3.21 bits per heavy atom. The van der Waals surface area contributed by atoms with Crippen molar-refractivity contribution in [3.05, 3.63) is 42.7 Å². The van der Waals surface area contributed by atoms with E-state index in [2.05, 4.69) is 16.9 Å². The maximum absolute atomic E-state index is 11.4. The lowest BCUT2D eigenvalue weighted by atomic mass is 10.3. The summed E-state index contributed by atoms with van der Waals surface area (Å²) in [5.74, 6) is -0.351. The fourth-order valence-corrected chi connectivity index (χ4v) is 0.919. The van der Waals surface area contributed by atoms with Crippen molar-refractivity contribution < 1.29 is 7.54 Å². The normalized spacial score (nSPS) is 12.6. The highest BCUT2D eigenvalue weighted by Crippen LogP contribution is 1.94. The molecule has 0 saturated carbocycles. The summed E-state index contributed by atoms with van der Waals surface area (Å²) in [6, 6.07) is 5.42. The van der Waals surface area contributed by atoms with Gasteiger partial charge in [0.15, 0.2) is 0 Å². The molecule has 1 heterocycles. The van der Waals surface area contributed by atoms with Crippen LogP contribution < -0.4 is 5.32 Å². The van der Waals surface area contributed by atoms with E-state index in [9.17, 15) is 4.79 Å². The molecule has 1 rings (SSSR count). The molecule has 0 spiro atoms.